The molecule has 1 unspecified atom stereocenters. The molecule has 2 aromatic rings. The highest BCUT2D eigenvalue weighted by Crippen LogP contribution is 2.38. The predicted octanol–water partition coefficient (Wildman–Crippen LogP) is 2.66. The van der Waals surface area contributed by atoms with E-state index in [9.17, 15) is 13.2 Å². The first-order valence-corrected chi connectivity index (χ1v) is 8.56. The first kappa shape index (κ1) is 17.2. The highest BCUT2D eigenvalue weighted by Gasteiger charge is 2.38. The molecule has 1 aliphatic heterocycles. The van der Waals surface area contributed by atoms with Gasteiger partial charge in [0, 0.05) is 24.4 Å². The van der Waals surface area contributed by atoms with Gasteiger partial charge in [0.1, 0.15) is 0 Å². The maximum absolute atomic E-state index is 12.5. The van der Waals surface area contributed by atoms with E-state index in [-0.39, 0.29) is 18.4 Å². The maximum atomic E-state index is 12.5. The fourth-order valence-electron chi connectivity index (χ4n) is 3.02. The lowest BCUT2D eigenvalue weighted by Crippen LogP contribution is -2.22. The van der Waals surface area contributed by atoms with Crippen LogP contribution < -0.4 is 4.74 Å². The summed E-state index contributed by atoms with van der Waals surface area (Å²) in [4.78, 5) is 1.98. The van der Waals surface area contributed by atoms with Crippen molar-refractivity contribution in [3.8, 4) is 5.88 Å². The van der Waals surface area contributed by atoms with Crippen LogP contribution in [0.25, 0.3) is 0 Å². The molecule has 1 saturated carbocycles. The molecule has 140 valence electrons. The van der Waals surface area contributed by atoms with Gasteiger partial charge in [-0.2, -0.15) is 18.3 Å². The third-order valence-corrected chi connectivity index (χ3v) is 4.56. The summed E-state index contributed by atoms with van der Waals surface area (Å²) in [6.45, 7) is 2.13. The highest BCUT2D eigenvalue weighted by molar-refractivity contribution is 5.17. The SMILES string of the molecule is FC(F)(F)c1nnc(CN2CCC(COc3ccc(C4CC4)nn3)C2)o1. The van der Waals surface area contributed by atoms with Crippen molar-refractivity contribution in [1.82, 2.24) is 25.3 Å². The fourth-order valence-corrected chi connectivity index (χ4v) is 3.02. The van der Waals surface area contributed by atoms with Crippen LogP contribution in [0.5, 0.6) is 5.88 Å². The summed E-state index contributed by atoms with van der Waals surface area (Å²) < 4.78 is 47.8. The summed E-state index contributed by atoms with van der Waals surface area (Å²) in [7, 11) is 0. The third kappa shape index (κ3) is 4.12. The van der Waals surface area contributed by atoms with Gasteiger partial charge in [-0.1, -0.05) is 0 Å². The van der Waals surface area contributed by atoms with Crippen molar-refractivity contribution in [1.29, 1.82) is 0 Å². The molecule has 0 N–H and O–H groups in total. The van der Waals surface area contributed by atoms with E-state index in [1.165, 1.54) is 12.8 Å². The van der Waals surface area contributed by atoms with Crippen LogP contribution in [0.1, 0.15) is 42.7 Å². The van der Waals surface area contributed by atoms with Crippen molar-refractivity contribution in [2.45, 2.75) is 37.9 Å². The predicted molar refractivity (Wildman–Crippen MR) is 82.2 cm³/mol. The zero-order valence-corrected chi connectivity index (χ0v) is 13.9. The summed E-state index contributed by atoms with van der Waals surface area (Å²) in [5, 5.41) is 14.8. The lowest BCUT2D eigenvalue weighted by atomic mass is 10.1. The summed E-state index contributed by atoms with van der Waals surface area (Å²) in [6, 6.07) is 3.79. The number of aromatic nitrogens is 4. The molecular weight excluding hydrogens is 351 g/mol. The standard InChI is InChI=1S/C16H18F3N5O2/c17-16(18,19)15-23-22-14(26-15)8-24-6-5-10(7-24)9-25-13-4-3-12(20-21-13)11-1-2-11/h3-4,10-11H,1-2,5-9H2. The van der Waals surface area contributed by atoms with E-state index in [1.54, 1.807) is 0 Å². The average Bonchev–Trinajstić information content (AvgIpc) is 3.17. The van der Waals surface area contributed by atoms with Crippen LogP contribution in [0.3, 0.4) is 0 Å². The molecule has 2 aromatic heterocycles. The second-order valence-electron chi connectivity index (χ2n) is 6.77. The Balaban J connectivity index is 1.24. The van der Waals surface area contributed by atoms with Gasteiger partial charge in [-0.05, 0) is 31.9 Å². The molecule has 0 spiro atoms. The van der Waals surface area contributed by atoms with Crippen molar-refractivity contribution in [2.75, 3.05) is 19.7 Å². The largest absolute Gasteiger partial charge is 0.476 e. The van der Waals surface area contributed by atoms with Crippen molar-refractivity contribution >= 4 is 0 Å². The molecule has 2 fully saturated rings. The van der Waals surface area contributed by atoms with E-state index in [2.05, 4.69) is 24.8 Å². The summed E-state index contributed by atoms with van der Waals surface area (Å²) in [5.41, 5.74) is 1.02. The summed E-state index contributed by atoms with van der Waals surface area (Å²) >= 11 is 0. The molecule has 26 heavy (non-hydrogen) atoms. The van der Waals surface area contributed by atoms with E-state index in [4.69, 9.17) is 4.74 Å². The van der Waals surface area contributed by atoms with Crippen molar-refractivity contribution in [3.05, 3.63) is 29.6 Å². The van der Waals surface area contributed by atoms with E-state index in [1.807, 2.05) is 17.0 Å². The topological polar surface area (TPSA) is 77.2 Å². The van der Waals surface area contributed by atoms with E-state index >= 15 is 0 Å². The number of ether oxygens (including phenoxy) is 1. The van der Waals surface area contributed by atoms with Gasteiger partial charge in [0.2, 0.25) is 11.8 Å². The third-order valence-electron chi connectivity index (χ3n) is 4.56. The van der Waals surface area contributed by atoms with Gasteiger partial charge < -0.3 is 9.15 Å². The van der Waals surface area contributed by atoms with Crippen LogP contribution in [-0.2, 0) is 12.7 Å². The molecule has 4 rings (SSSR count). The zero-order chi connectivity index (χ0) is 18.1. The van der Waals surface area contributed by atoms with Crippen molar-refractivity contribution in [2.24, 2.45) is 5.92 Å². The molecule has 1 atom stereocenters. The molecule has 7 nitrogen and oxygen atoms in total. The lowest BCUT2D eigenvalue weighted by molar-refractivity contribution is -0.157. The minimum absolute atomic E-state index is 0.0274. The monoisotopic (exact) mass is 369 g/mol. The number of halogens is 3. The smallest absolute Gasteiger partial charge is 0.470 e. The molecule has 0 aromatic carbocycles. The Morgan fingerprint density at radius 2 is 1.96 bits per heavy atom. The number of rotatable bonds is 6. The van der Waals surface area contributed by atoms with Crippen LogP contribution in [-0.4, -0.2) is 45.0 Å². The van der Waals surface area contributed by atoms with Crippen LogP contribution in [0.15, 0.2) is 16.5 Å². The molecule has 0 radical (unpaired) electrons. The van der Waals surface area contributed by atoms with Gasteiger partial charge >= 0.3 is 12.1 Å². The quantitative estimate of drug-likeness (QED) is 0.775. The van der Waals surface area contributed by atoms with Gasteiger partial charge in [-0.15, -0.1) is 15.3 Å². The first-order valence-electron chi connectivity index (χ1n) is 8.56. The number of hydrogen-bond donors (Lipinski definition) is 0. The molecule has 3 heterocycles. The van der Waals surface area contributed by atoms with E-state index in [0.29, 0.717) is 24.9 Å². The Labute approximate surface area is 147 Å². The highest BCUT2D eigenvalue weighted by atomic mass is 19.4. The minimum Gasteiger partial charge on any atom is -0.476 e. The Morgan fingerprint density at radius 1 is 1.12 bits per heavy atom. The molecule has 0 bridgehead atoms. The van der Waals surface area contributed by atoms with Gasteiger partial charge in [0.05, 0.1) is 18.8 Å². The van der Waals surface area contributed by atoms with Crippen LogP contribution in [0.4, 0.5) is 13.2 Å². The number of likely N-dealkylation sites (tertiary alicyclic amines) is 1. The van der Waals surface area contributed by atoms with Gasteiger partial charge in [0.15, 0.2) is 0 Å². The number of alkyl halides is 3. The van der Waals surface area contributed by atoms with E-state index in [0.717, 1.165) is 18.7 Å². The second-order valence-corrected chi connectivity index (χ2v) is 6.77. The molecular formula is C16H18F3N5O2. The Kier molecular flexibility index (Phi) is 4.51. The molecule has 0 amide bonds. The lowest BCUT2D eigenvalue weighted by Gasteiger charge is -2.14. The number of nitrogens with zero attached hydrogens (tertiary/aromatic N) is 5. The summed E-state index contributed by atoms with van der Waals surface area (Å²) in [6.07, 6.45) is -1.37. The maximum Gasteiger partial charge on any atom is 0.470 e. The zero-order valence-electron chi connectivity index (χ0n) is 13.9. The number of hydrogen-bond acceptors (Lipinski definition) is 7. The first-order chi connectivity index (χ1) is 12.5. The minimum atomic E-state index is -4.61. The molecule has 10 heteroatoms. The van der Waals surface area contributed by atoms with Crippen molar-refractivity contribution < 1.29 is 22.3 Å². The van der Waals surface area contributed by atoms with Crippen LogP contribution in [0, 0.1) is 5.92 Å². The van der Waals surface area contributed by atoms with Crippen LogP contribution >= 0.6 is 0 Å². The summed E-state index contributed by atoms with van der Waals surface area (Å²) in [5.74, 6) is -0.00721. The van der Waals surface area contributed by atoms with Gasteiger partial charge in [-0.25, -0.2) is 0 Å². The van der Waals surface area contributed by atoms with Crippen molar-refractivity contribution in [3.63, 3.8) is 0 Å². The normalized spacial score (nSPS) is 21.3. The van der Waals surface area contributed by atoms with Gasteiger partial charge in [0.25, 0.3) is 0 Å². The Morgan fingerprint density at radius 3 is 2.62 bits per heavy atom. The molecule has 2 aliphatic rings. The van der Waals surface area contributed by atoms with Gasteiger partial charge in [-0.3, -0.25) is 4.90 Å². The average molecular weight is 369 g/mol. The Bertz CT molecular complexity index is 745. The fraction of sp³-hybridized carbons (Fsp3) is 0.625. The molecule has 1 saturated heterocycles. The molecule has 1 aliphatic carbocycles. The Hall–Kier alpha value is -2.23. The second kappa shape index (κ2) is 6.82. The van der Waals surface area contributed by atoms with Crippen LogP contribution in [0.2, 0.25) is 0 Å². The van der Waals surface area contributed by atoms with E-state index < -0.39 is 12.1 Å².